The van der Waals surface area contributed by atoms with E-state index in [2.05, 4.69) is 38.9 Å². The molecule has 144 valence electrons. The second-order valence-corrected chi connectivity index (χ2v) is 6.77. The lowest BCUT2D eigenvalue weighted by Crippen LogP contribution is -2.49. The number of carbonyl (C=O) groups excluding carboxylic acids is 1. The second-order valence-electron chi connectivity index (χ2n) is 6.77. The Labute approximate surface area is 159 Å². The van der Waals surface area contributed by atoms with Gasteiger partial charge >= 0.3 is 0 Å². The van der Waals surface area contributed by atoms with Gasteiger partial charge in [0.15, 0.2) is 0 Å². The Hall–Kier alpha value is -2.87. The van der Waals surface area contributed by atoms with Crippen molar-refractivity contribution in [2.24, 2.45) is 0 Å². The third-order valence-corrected chi connectivity index (χ3v) is 4.73. The fraction of sp³-hybridized carbons (Fsp3) is 0.421. The van der Waals surface area contributed by atoms with Crippen molar-refractivity contribution in [3.63, 3.8) is 0 Å². The quantitative estimate of drug-likeness (QED) is 0.829. The number of anilines is 3. The maximum atomic E-state index is 12.5. The van der Waals surface area contributed by atoms with Gasteiger partial charge in [-0.15, -0.1) is 0 Å². The van der Waals surface area contributed by atoms with Crippen LogP contribution in [0.5, 0.6) is 5.75 Å². The normalized spacial score (nSPS) is 15.0. The molecule has 0 spiro atoms. The first-order valence-corrected chi connectivity index (χ1v) is 9.05. The summed E-state index contributed by atoms with van der Waals surface area (Å²) in [4.78, 5) is 25.7. The monoisotopic (exact) mass is 370 g/mol. The van der Waals surface area contributed by atoms with Crippen molar-refractivity contribution < 1.29 is 9.53 Å². The standard InChI is InChI=1S/C19H26N6O2/c1-13(2)24-8-10-25(11-9-24)19-21-12-16(17(20)23-19)18(26)22-14-4-6-15(27-3)7-5-14/h4-7,12-13H,8-11H2,1-3H3,(H,22,26)(H2,20,21,23). The Kier molecular flexibility index (Phi) is 5.75. The van der Waals surface area contributed by atoms with Gasteiger partial charge in [0, 0.05) is 44.1 Å². The number of nitrogens with zero attached hydrogens (tertiary/aromatic N) is 4. The number of rotatable bonds is 5. The lowest BCUT2D eigenvalue weighted by molar-refractivity contribution is 0.102. The molecule has 8 heteroatoms. The Morgan fingerprint density at radius 1 is 1.19 bits per heavy atom. The number of ether oxygens (including phenoxy) is 1. The van der Waals surface area contributed by atoms with Crippen LogP contribution in [0.2, 0.25) is 0 Å². The van der Waals surface area contributed by atoms with Gasteiger partial charge < -0.3 is 20.7 Å². The van der Waals surface area contributed by atoms with Gasteiger partial charge in [-0.3, -0.25) is 9.69 Å². The van der Waals surface area contributed by atoms with E-state index in [-0.39, 0.29) is 17.3 Å². The van der Waals surface area contributed by atoms with E-state index in [4.69, 9.17) is 10.5 Å². The highest BCUT2D eigenvalue weighted by molar-refractivity contribution is 6.07. The summed E-state index contributed by atoms with van der Waals surface area (Å²) in [5.74, 6) is 1.13. The largest absolute Gasteiger partial charge is 0.497 e. The van der Waals surface area contributed by atoms with Gasteiger partial charge in [-0.1, -0.05) is 0 Å². The molecule has 0 radical (unpaired) electrons. The molecule has 0 bridgehead atoms. The van der Waals surface area contributed by atoms with E-state index in [9.17, 15) is 4.79 Å². The molecule has 27 heavy (non-hydrogen) atoms. The maximum absolute atomic E-state index is 12.5. The minimum Gasteiger partial charge on any atom is -0.497 e. The summed E-state index contributed by atoms with van der Waals surface area (Å²) in [6, 6.07) is 7.60. The van der Waals surface area contributed by atoms with Gasteiger partial charge in [0.25, 0.3) is 5.91 Å². The summed E-state index contributed by atoms with van der Waals surface area (Å²) in [7, 11) is 1.59. The molecular formula is C19H26N6O2. The minimum absolute atomic E-state index is 0.178. The summed E-state index contributed by atoms with van der Waals surface area (Å²) >= 11 is 0. The van der Waals surface area contributed by atoms with E-state index >= 15 is 0 Å². The minimum atomic E-state index is -0.339. The van der Waals surface area contributed by atoms with Gasteiger partial charge in [-0.25, -0.2) is 4.98 Å². The number of nitrogens with one attached hydrogen (secondary N) is 1. The predicted octanol–water partition coefficient (Wildman–Crippen LogP) is 1.85. The van der Waals surface area contributed by atoms with E-state index in [1.807, 2.05) is 0 Å². The van der Waals surface area contributed by atoms with Crippen molar-refractivity contribution in [1.82, 2.24) is 14.9 Å². The average molecular weight is 370 g/mol. The molecule has 1 aromatic carbocycles. The van der Waals surface area contributed by atoms with Gasteiger partial charge in [0.2, 0.25) is 5.95 Å². The van der Waals surface area contributed by atoms with E-state index in [0.29, 0.717) is 17.7 Å². The highest BCUT2D eigenvalue weighted by atomic mass is 16.5. The van der Waals surface area contributed by atoms with E-state index in [0.717, 1.165) is 31.9 Å². The zero-order chi connectivity index (χ0) is 19.4. The van der Waals surface area contributed by atoms with Crippen molar-refractivity contribution in [3.05, 3.63) is 36.0 Å². The van der Waals surface area contributed by atoms with E-state index in [1.54, 1.807) is 31.4 Å². The van der Waals surface area contributed by atoms with Crippen molar-refractivity contribution in [1.29, 1.82) is 0 Å². The van der Waals surface area contributed by atoms with Crippen molar-refractivity contribution in [3.8, 4) is 5.75 Å². The highest BCUT2D eigenvalue weighted by Crippen LogP contribution is 2.19. The van der Waals surface area contributed by atoms with Crippen LogP contribution in [-0.4, -0.2) is 60.1 Å². The molecule has 0 unspecified atom stereocenters. The lowest BCUT2D eigenvalue weighted by Gasteiger charge is -2.36. The molecule has 1 amide bonds. The molecule has 3 rings (SSSR count). The molecule has 1 saturated heterocycles. The molecule has 0 atom stereocenters. The highest BCUT2D eigenvalue weighted by Gasteiger charge is 2.22. The Bertz CT molecular complexity index is 785. The zero-order valence-corrected chi connectivity index (χ0v) is 16.0. The van der Waals surface area contributed by atoms with Crippen LogP contribution in [0.1, 0.15) is 24.2 Å². The smallest absolute Gasteiger partial charge is 0.260 e. The van der Waals surface area contributed by atoms with Crippen molar-refractivity contribution >= 4 is 23.4 Å². The number of benzene rings is 1. The van der Waals surface area contributed by atoms with Crippen LogP contribution in [0.3, 0.4) is 0 Å². The molecule has 8 nitrogen and oxygen atoms in total. The summed E-state index contributed by atoms with van der Waals surface area (Å²) in [6.07, 6.45) is 1.49. The third-order valence-electron chi connectivity index (χ3n) is 4.73. The van der Waals surface area contributed by atoms with Gasteiger partial charge in [0.1, 0.15) is 17.1 Å². The van der Waals surface area contributed by atoms with E-state index < -0.39 is 0 Å². The van der Waals surface area contributed by atoms with Crippen LogP contribution >= 0.6 is 0 Å². The third kappa shape index (κ3) is 4.46. The van der Waals surface area contributed by atoms with E-state index in [1.165, 1.54) is 6.20 Å². The van der Waals surface area contributed by atoms with Crippen LogP contribution in [0.4, 0.5) is 17.5 Å². The van der Waals surface area contributed by atoms with Crippen LogP contribution in [-0.2, 0) is 0 Å². The van der Waals surface area contributed by atoms with Crippen LogP contribution in [0, 0.1) is 0 Å². The number of hydrogen-bond donors (Lipinski definition) is 2. The summed E-state index contributed by atoms with van der Waals surface area (Å²) in [6.45, 7) is 7.99. The molecule has 1 aromatic heterocycles. The first kappa shape index (κ1) is 18.9. The molecule has 1 aliphatic heterocycles. The number of hydrogen-bond acceptors (Lipinski definition) is 7. The Balaban J connectivity index is 1.66. The van der Waals surface area contributed by atoms with Crippen molar-refractivity contribution in [2.45, 2.75) is 19.9 Å². The summed E-state index contributed by atoms with van der Waals surface area (Å²) in [5, 5.41) is 2.79. The number of methoxy groups -OCH3 is 1. The Morgan fingerprint density at radius 3 is 2.41 bits per heavy atom. The predicted molar refractivity (Wildman–Crippen MR) is 106 cm³/mol. The van der Waals surface area contributed by atoms with Crippen LogP contribution in [0.25, 0.3) is 0 Å². The number of nitrogen functional groups attached to an aromatic ring is 1. The SMILES string of the molecule is COc1ccc(NC(=O)c2cnc(N3CCN(C(C)C)CC3)nc2N)cc1. The van der Waals surface area contributed by atoms with Gasteiger partial charge in [-0.05, 0) is 38.1 Å². The first-order valence-electron chi connectivity index (χ1n) is 9.05. The molecule has 2 heterocycles. The van der Waals surface area contributed by atoms with Crippen LogP contribution < -0.4 is 20.7 Å². The molecule has 1 aliphatic rings. The maximum Gasteiger partial charge on any atom is 0.260 e. The number of carbonyl (C=O) groups is 1. The average Bonchev–Trinajstić information content (AvgIpc) is 2.68. The first-order chi connectivity index (χ1) is 13.0. The van der Waals surface area contributed by atoms with Gasteiger partial charge in [-0.2, -0.15) is 4.98 Å². The Morgan fingerprint density at radius 2 is 1.85 bits per heavy atom. The lowest BCUT2D eigenvalue weighted by atomic mass is 10.2. The zero-order valence-electron chi connectivity index (χ0n) is 16.0. The second kappa shape index (κ2) is 8.22. The molecule has 1 fully saturated rings. The molecule has 2 aromatic rings. The molecular weight excluding hydrogens is 344 g/mol. The number of nitrogens with two attached hydrogens (primary N) is 1. The van der Waals surface area contributed by atoms with Crippen LogP contribution in [0.15, 0.2) is 30.5 Å². The number of piperazine rings is 1. The fourth-order valence-electron chi connectivity index (χ4n) is 3.02. The van der Waals surface area contributed by atoms with Crippen molar-refractivity contribution in [2.75, 3.05) is 49.2 Å². The summed E-state index contributed by atoms with van der Waals surface area (Å²) < 4.78 is 5.11. The topological polar surface area (TPSA) is 96.6 Å². The summed E-state index contributed by atoms with van der Waals surface area (Å²) in [5.41, 5.74) is 6.94. The number of aromatic nitrogens is 2. The molecule has 0 saturated carbocycles. The molecule has 0 aliphatic carbocycles. The molecule has 3 N–H and O–H groups in total. The number of amides is 1. The fourth-order valence-corrected chi connectivity index (χ4v) is 3.02. The van der Waals surface area contributed by atoms with Gasteiger partial charge in [0.05, 0.1) is 7.11 Å².